The number of hydrogen-bond acceptors (Lipinski definition) is 2. The fourth-order valence-electron chi connectivity index (χ4n) is 3.13. The van der Waals surface area contributed by atoms with Gasteiger partial charge in [0, 0.05) is 24.4 Å². The fourth-order valence-corrected chi connectivity index (χ4v) is 4.33. The maximum Gasteiger partial charge on any atom is 0.186 e. The van der Waals surface area contributed by atoms with Crippen LogP contribution in [0.2, 0.25) is 0 Å². The Labute approximate surface area is 172 Å². The smallest absolute Gasteiger partial charge is 0.186 e. The van der Waals surface area contributed by atoms with Gasteiger partial charge in [0.05, 0.1) is 6.61 Å². The Morgan fingerprint density at radius 1 is 0.962 bits per heavy atom. The fraction of sp³-hybridized carbons (Fsp3) is 0.409. The van der Waals surface area contributed by atoms with E-state index in [4.69, 9.17) is 4.74 Å². The predicted molar refractivity (Wildman–Crippen MR) is 115 cm³/mol. The Morgan fingerprint density at radius 3 is 2.19 bits per heavy atom. The molecule has 2 rings (SSSR count). The average molecular weight is 363 g/mol. The van der Waals surface area contributed by atoms with Gasteiger partial charge in [0.25, 0.3) is 0 Å². The van der Waals surface area contributed by atoms with E-state index in [1.165, 1.54) is 18.4 Å². The average Bonchev–Trinajstić information content (AvgIpc) is 2.53. The first-order chi connectivity index (χ1) is 11.9. The van der Waals surface area contributed by atoms with Crippen molar-refractivity contribution in [3.05, 3.63) is 58.1 Å². The van der Waals surface area contributed by atoms with E-state index in [2.05, 4.69) is 39.0 Å². The van der Waals surface area contributed by atoms with E-state index >= 15 is 0 Å². The summed E-state index contributed by atoms with van der Waals surface area (Å²) in [6, 6.07) is 10.3. The summed E-state index contributed by atoms with van der Waals surface area (Å²) in [6.45, 7) is 11.1. The number of unbranched alkanes of at least 4 members (excludes halogenated alkanes) is 2. The molecule has 2 aromatic carbocycles. The summed E-state index contributed by atoms with van der Waals surface area (Å²) in [5.74, 6) is 0.900. The number of aryl methyl sites for hydroxylation is 4. The van der Waals surface area contributed by atoms with Crippen LogP contribution in [0.5, 0.6) is 5.75 Å². The molecule has 1 radical (unpaired) electrons. The first-order valence-electron chi connectivity index (χ1n) is 9.05. The van der Waals surface area contributed by atoms with Gasteiger partial charge in [-0.3, -0.25) is 4.79 Å². The Hall–Kier alpha value is -1.06. The van der Waals surface area contributed by atoms with E-state index in [1.807, 2.05) is 26.0 Å². The Balaban J connectivity index is 0.00000338. The van der Waals surface area contributed by atoms with E-state index in [-0.39, 0.29) is 33.0 Å². The van der Waals surface area contributed by atoms with Crippen molar-refractivity contribution in [3.8, 4) is 5.75 Å². The molecule has 26 heavy (non-hydrogen) atoms. The van der Waals surface area contributed by atoms with E-state index in [0.717, 1.165) is 46.3 Å². The second-order valence-electron chi connectivity index (χ2n) is 6.76. The van der Waals surface area contributed by atoms with Crippen LogP contribution in [0.25, 0.3) is 0 Å². The molecule has 0 aliphatic rings. The van der Waals surface area contributed by atoms with Gasteiger partial charge >= 0.3 is 0 Å². The van der Waals surface area contributed by atoms with Crippen molar-refractivity contribution in [1.82, 2.24) is 0 Å². The molecule has 0 fully saturated rings. The van der Waals surface area contributed by atoms with Crippen molar-refractivity contribution in [2.45, 2.75) is 53.9 Å². The van der Waals surface area contributed by atoms with Crippen LogP contribution in [0.4, 0.5) is 0 Å². The van der Waals surface area contributed by atoms with Crippen molar-refractivity contribution in [1.29, 1.82) is 0 Å². The minimum absolute atomic E-state index is 0. The maximum atomic E-state index is 12.8. The minimum Gasteiger partial charge on any atom is -0.494 e. The van der Waals surface area contributed by atoms with E-state index in [0.29, 0.717) is 0 Å². The molecule has 135 valence electrons. The molecular weight excluding hydrogens is 334 g/mol. The number of carbonyl (C=O) groups excluding carboxylic acids is 1. The summed E-state index contributed by atoms with van der Waals surface area (Å²) >= 11 is 0. The molecule has 0 N–H and O–H groups in total. The molecule has 2 nitrogen and oxygen atoms in total. The van der Waals surface area contributed by atoms with Crippen molar-refractivity contribution in [2.24, 2.45) is 0 Å². The van der Waals surface area contributed by atoms with Crippen molar-refractivity contribution in [2.75, 3.05) is 6.61 Å². The second kappa shape index (κ2) is 10.9. The van der Waals surface area contributed by atoms with Crippen molar-refractivity contribution in [3.63, 3.8) is 0 Å². The zero-order valence-corrected chi connectivity index (χ0v) is 18.0. The summed E-state index contributed by atoms with van der Waals surface area (Å²) in [7, 11) is 0.148. The van der Waals surface area contributed by atoms with Gasteiger partial charge in [-0.15, -0.1) is 0 Å². The van der Waals surface area contributed by atoms with Gasteiger partial charge in [-0.25, -0.2) is 0 Å². The summed E-state index contributed by atoms with van der Waals surface area (Å²) < 4.78 is 5.80. The zero-order chi connectivity index (χ0) is 18.4. The van der Waals surface area contributed by atoms with Crippen molar-refractivity contribution >= 4 is 38.3 Å². The number of rotatable bonds is 8. The number of carbonyl (C=O) groups is 1. The molecule has 0 heterocycles. The van der Waals surface area contributed by atoms with Crippen molar-refractivity contribution < 1.29 is 9.53 Å². The van der Waals surface area contributed by atoms with Crippen LogP contribution in [0.15, 0.2) is 30.3 Å². The van der Waals surface area contributed by atoms with Gasteiger partial charge < -0.3 is 4.74 Å². The van der Waals surface area contributed by atoms with E-state index < -0.39 is 0 Å². The molecule has 0 amide bonds. The van der Waals surface area contributed by atoms with Crippen LogP contribution >= 0.6 is 8.58 Å². The normalized spacial score (nSPS) is 10.8. The topological polar surface area (TPSA) is 26.3 Å². The molecule has 1 atom stereocenters. The van der Waals surface area contributed by atoms with Gasteiger partial charge in [-0.05, 0) is 76.8 Å². The summed E-state index contributed by atoms with van der Waals surface area (Å²) in [5.41, 5.74) is 5.57. The number of ether oxygens (including phenoxy) is 1. The Bertz CT molecular complexity index is 733. The number of hydrogen-bond donors (Lipinski definition) is 0. The molecule has 4 heteroatoms. The molecule has 0 saturated carbocycles. The minimum atomic E-state index is 0. The standard InChI is InChI=1S/C22H29O2P.Li/c1-6-7-8-11-24-19-9-10-20(16(3)14-19)25-22(23)21-17(4)12-15(2)13-18(21)5;/h9-10,12-14,25H,6-8,11H2,1-5H3;. The van der Waals surface area contributed by atoms with E-state index in [1.54, 1.807) is 0 Å². The SMILES string of the molecule is CCCCCOc1ccc(PC(=O)c2c(C)cc(C)cc2C)c(C)c1.[Li]. The molecule has 0 bridgehead atoms. The van der Waals surface area contributed by atoms with Crippen LogP contribution in [0.1, 0.15) is 58.8 Å². The second-order valence-corrected chi connectivity index (χ2v) is 8.00. The molecule has 0 aliphatic heterocycles. The third-order valence-electron chi connectivity index (χ3n) is 4.37. The first kappa shape index (κ1) is 23.0. The summed E-state index contributed by atoms with van der Waals surface area (Å²) in [4.78, 5) is 12.8. The van der Waals surface area contributed by atoms with Gasteiger partial charge in [0.15, 0.2) is 5.52 Å². The van der Waals surface area contributed by atoms with Gasteiger partial charge in [0.2, 0.25) is 0 Å². The summed E-state index contributed by atoms with van der Waals surface area (Å²) in [5, 5.41) is 1.10. The Kier molecular flexibility index (Phi) is 9.66. The quantitative estimate of drug-likeness (QED) is 0.364. The van der Waals surface area contributed by atoms with Crippen LogP contribution in [0.3, 0.4) is 0 Å². The van der Waals surface area contributed by atoms with Crippen LogP contribution in [0, 0.1) is 27.7 Å². The van der Waals surface area contributed by atoms with E-state index in [9.17, 15) is 4.79 Å². The molecule has 2 aromatic rings. The maximum absolute atomic E-state index is 12.8. The Morgan fingerprint density at radius 2 is 1.62 bits per heavy atom. The predicted octanol–water partition coefficient (Wildman–Crippen LogP) is 5.25. The van der Waals surface area contributed by atoms with Crippen LogP contribution in [-0.2, 0) is 0 Å². The van der Waals surface area contributed by atoms with Gasteiger partial charge in [0.1, 0.15) is 5.75 Å². The first-order valence-corrected chi connectivity index (χ1v) is 10.0. The van der Waals surface area contributed by atoms with Crippen LogP contribution < -0.4 is 10.0 Å². The summed E-state index contributed by atoms with van der Waals surface area (Å²) in [6.07, 6.45) is 3.48. The molecule has 0 aromatic heterocycles. The molecular formula is C22H29LiO2P. The van der Waals surface area contributed by atoms with Crippen LogP contribution in [-0.4, -0.2) is 31.0 Å². The molecule has 0 aliphatic carbocycles. The largest absolute Gasteiger partial charge is 0.494 e. The monoisotopic (exact) mass is 363 g/mol. The van der Waals surface area contributed by atoms with Gasteiger partial charge in [-0.2, -0.15) is 0 Å². The third-order valence-corrected chi connectivity index (χ3v) is 5.67. The third kappa shape index (κ3) is 6.28. The molecule has 1 unspecified atom stereocenters. The van der Waals surface area contributed by atoms with Gasteiger partial charge in [-0.1, -0.05) is 43.5 Å². The molecule has 0 spiro atoms. The molecule has 0 saturated heterocycles. The number of benzene rings is 2. The zero-order valence-electron chi connectivity index (χ0n) is 17.0.